The maximum atomic E-state index is 10.8. The Morgan fingerprint density at radius 3 is 2.56 bits per heavy atom. The number of ether oxygens (including phenoxy) is 1. The minimum Gasteiger partial charge on any atom is -0.422 e. The van der Waals surface area contributed by atoms with E-state index in [1.807, 2.05) is 20.8 Å². The number of nitrogens with zero attached hydrogens (tertiary/aromatic N) is 6. The van der Waals surface area contributed by atoms with E-state index in [0.29, 0.717) is 28.9 Å². The third-order valence-corrected chi connectivity index (χ3v) is 6.10. The van der Waals surface area contributed by atoms with Crippen LogP contribution in [0.3, 0.4) is 0 Å². The largest absolute Gasteiger partial charge is 0.422 e. The van der Waals surface area contributed by atoms with Crippen molar-refractivity contribution in [1.82, 2.24) is 29.7 Å². The van der Waals surface area contributed by atoms with Crippen LogP contribution in [0.25, 0.3) is 11.2 Å². The number of hydrogen-bond donors (Lipinski definition) is 3. The van der Waals surface area contributed by atoms with Crippen LogP contribution in [-0.2, 0) is 10.2 Å². The van der Waals surface area contributed by atoms with Crippen molar-refractivity contribution in [3.05, 3.63) is 23.4 Å². The van der Waals surface area contributed by atoms with E-state index in [-0.39, 0.29) is 16.6 Å². The van der Waals surface area contributed by atoms with Crippen molar-refractivity contribution >= 4 is 28.6 Å². The van der Waals surface area contributed by atoms with Gasteiger partial charge in [0.2, 0.25) is 17.1 Å². The summed E-state index contributed by atoms with van der Waals surface area (Å²) in [4.78, 5) is 13.0. The molecule has 5 rings (SSSR count). The molecular weight excluding hydrogens is 438 g/mol. The van der Waals surface area contributed by atoms with E-state index < -0.39 is 24.5 Å². The molecular formula is C20H26ClN7O4. The molecule has 0 unspecified atom stereocenters. The second-order valence-electron chi connectivity index (χ2n) is 9.41. The molecule has 0 aromatic carbocycles. The third kappa shape index (κ3) is 3.72. The van der Waals surface area contributed by atoms with Crippen LogP contribution in [0.2, 0.25) is 5.28 Å². The molecule has 1 aliphatic carbocycles. The van der Waals surface area contributed by atoms with Crippen LogP contribution < -0.4 is 5.32 Å². The van der Waals surface area contributed by atoms with Gasteiger partial charge in [0.1, 0.15) is 12.2 Å². The first-order valence-corrected chi connectivity index (χ1v) is 11.1. The first-order valence-electron chi connectivity index (χ1n) is 10.7. The summed E-state index contributed by atoms with van der Waals surface area (Å²) in [7, 11) is 0. The summed E-state index contributed by atoms with van der Waals surface area (Å²) in [5, 5.41) is 32.9. The second-order valence-corrected chi connectivity index (χ2v) is 9.75. The van der Waals surface area contributed by atoms with Gasteiger partial charge in [0.15, 0.2) is 29.3 Å². The number of imidazole rings is 1. The van der Waals surface area contributed by atoms with Gasteiger partial charge in [-0.05, 0) is 24.4 Å². The number of aliphatic hydroxyl groups excluding tert-OH is 2. The molecule has 0 amide bonds. The molecule has 2 aliphatic rings. The Labute approximate surface area is 189 Å². The number of aromatic nitrogens is 6. The van der Waals surface area contributed by atoms with E-state index in [2.05, 4.69) is 30.5 Å². The van der Waals surface area contributed by atoms with Gasteiger partial charge in [0, 0.05) is 11.5 Å². The fourth-order valence-corrected chi connectivity index (χ4v) is 4.35. The molecule has 0 bridgehead atoms. The first-order chi connectivity index (χ1) is 15.2. The Kier molecular flexibility index (Phi) is 5.31. The van der Waals surface area contributed by atoms with Gasteiger partial charge in [0.05, 0.1) is 6.33 Å². The van der Waals surface area contributed by atoms with E-state index in [1.54, 1.807) is 0 Å². The molecule has 172 valence electrons. The van der Waals surface area contributed by atoms with E-state index in [4.69, 9.17) is 20.8 Å². The van der Waals surface area contributed by atoms with Gasteiger partial charge in [-0.15, -0.1) is 10.2 Å². The van der Waals surface area contributed by atoms with Crippen molar-refractivity contribution < 1.29 is 19.4 Å². The standard InChI is InChI=1S/C20H26ClN7O4/c1-20(2,3)18-27-26-16(32-18)13-11(29)12(30)17(31-13)28-8-22-10-14(23-9-6-4-5-7-9)24-19(21)25-15(10)28/h8-9,11-13,17,29-30H,4-7H2,1-3H3,(H,23,24,25)/t11-,12+,13-,17+/m0/s1. The average Bonchev–Trinajstić information content (AvgIpc) is 3.50. The molecule has 0 radical (unpaired) electrons. The van der Waals surface area contributed by atoms with Crippen molar-refractivity contribution in [2.45, 2.75) is 82.5 Å². The maximum absolute atomic E-state index is 10.8. The SMILES string of the molecule is CC(C)(C)c1nnc([C@H]2O[C@@H](n3cnc4c(NC5CCCC5)nc(Cl)nc43)[C@H](O)[C@@H]2O)o1. The highest BCUT2D eigenvalue weighted by atomic mass is 35.5. The summed E-state index contributed by atoms with van der Waals surface area (Å²) in [5.74, 6) is 1.06. The minimum atomic E-state index is -1.28. The minimum absolute atomic E-state index is 0.0519. The summed E-state index contributed by atoms with van der Waals surface area (Å²) in [6.07, 6.45) is 1.42. The molecule has 3 aromatic rings. The Bertz CT molecular complexity index is 1120. The number of halogens is 1. The number of fused-ring (bicyclic) bond motifs is 1. The van der Waals surface area contributed by atoms with Crippen molar-refractivity contribution in [1.29, 1.82) is 0 Å². The molecule has 4 atom stereocenters. The van der Waals surface area contributed by atoms with Gasteiger partial charge in [-0.25, -0.2) is 4.98 Å². The van der Waals surface area contributed by atoms with Gasteiger partial charge in [-0.3, -0.25) is 4.57 Å². The fraction of sp³-hybridized carbons (Fsp3) is 0.650. The lowest BCUT2D eigenvalue weighted by molar-refractivity contribution is -0.0441. The predicted octanol–water partition coefficient (Wildman–Crippen LogP) is 2.51. The van der Waals surface area contributed by atoms with Crippen molar-refractivity contribution in [3.8, 4) is 0 Å². The lowest BCUT2D eigenvalue weighted by atomic mass is 9.97. The van der Waals surface area contributed by atoms with Crippen molar-refractivity contribution in [2.75, 3.05) is 5.32 Å². The zero-order valence-electron chi connectivity index (χ0n) is 18.1. The monoisotopic (exact) mass is 463 g/mol. The lowest BCUT2D eigenvalue weighted by Gasteiger charge is -2.17. The van der Waals surface area contributed by atoms with E-state index in [9.17, 15) is 10.2 Å². The lowest BCUT2D eigenvalue weighted by Crippen LogP contribution is -2.29. The molecule has 3 N–H and O–H groups in total. The summed E-state index contributed by atoms with van der Waals surface area (Å²) in [5.41, 5.74) is 0.551. The van der Waals surface area contributed by atoms with Crippen LogP contribution in [-0.4, -0.2) is 58.2 Å². The summed E-state index contributed by atoms with van der Waals surface area (Å²) in [6.45, 7) is 5.81. The van der Waals surface area contributed by atoms with Crippen LogP contribution in [0.15, 0.2) is 10.7 Å². The first kappa shape index (κ1) is 21.5. The fourth-order valence-electron chi connectivity index (χ4n) is 4.19. The Hall–Kier alpha value is -2.34. The van der Waals surface area contributed by atoms with Crippen molar-refractivity contribution in [3.63, 3.8) is 0 Å². The molecule has 12 heteroatoms. The molecule has 3 aromatic heterocycles. The number of anilines is 1. The molecule has 4 heterocycles. The third-order valence-electron chi connectivity index (χ3n) is 5.93. The molecule has 11 nitrogen and oxygen atoms in total. The molecule has 1 saturated carbocycles. The molecule has 1 saturated heterocycles. The molecule has 0 spiro atoms. The zero-order valence-corrected chi connectivity index (χ0v) is 18.8. The summed E-state index contributed by atoms with van der Waals surface area (Å²) < 4.78 is 13.2. The van der Waals surface area contributed by atoms with Crippen LogP contribution in [0.1, 0.15) is 70.6 Å². The molecule has 32 heavy (non-hydrogen) atoms. The topological polar surface area (TPSA) is 144 Å². The Balaban J connectivity index is 1.46. The zero-order chi connectivity index (χ0) is 22.6. The van der Waals surface area contributed by atoms with Gasteiger partial charge in [-0.1, -0.05) is 33.6 Å². The summed E-state index contributed by atoms with van der Waals surface area (Å²) in [6, 6.07) is 0.309. The van der Waals surface area contributed by atoms with E-state index >= 15 is 0 Å². The van der Waals surface area contributed by atoms with Crippen LogP contribution in [0.4, 0.5) is 5.82 Å². The van der Waals surface area contributed by atoms with Crippen LogP contribution in [0.5, 0.6) is 0 Å². The highest BCUT2D eigenvalue weighted by molar-refractivity contribution is 6.28. The number of aliphatic hydroxyl groups is 2. The number of hydrogen-bond acceptors (Lipinski definition) is 10. The number of nitrogens with one attached hydrogen (secondary N) is 1. The highest BCUT2D eigenvalue weighted by Gasteiger charge is 2.48. The Morgan fingerprint density at radius 2 is 1.88 bits per heavy atom. The molecule has 1 aliphatic heterocycles. The predicted molar refractivity (Wildman–Crippen MR) is 114 cm³/mol. The summed E-state index contributed by atoms with van der Waals surface area (Å²) >= 11 is 6.19. The van der Waals surface area contributed by atoms with E-state index in [1.165, 1.54) is 23.7 Å². The maximum Gasteiger partial charge on any atom is 0.248 e. The van der Waals surface area contributed by atoms with Crippen LogP contribution >= 0.6 is 11.6 Å². The number of rotatable bonds is 4. The average molecular weight is 464 g/mol. The van der Waals surface area contributed by atoms with Crippen molar-refractivity contribution in [2.24, 2.45) is 0 Å². The second kappa shape index (κ2) is 7.91. The quantitative estimate of drug-likeness (QED) is 0.493. The van der Waals surface area contributed by atoms with Gasteiger partial charge in [0.25, 0.3) is 0 Å². The highest BCUT2D eigenvalue weighted by Crippen LogP contribution is 2.40. The Morgan fingerprint density at radius 1 is 1.12 bits per heavy atom. The molecule has 2 fully saturated rings. The van der Waals surface area contributed by atoms with Crippen LogP contribution in [0, 0.1) is 0 Å². The smallest absolute Gasteiger partial charge is 0.248 e. The van der Waals surface area contributed by atoms with E-state index in [0.717, 1.165) is 12.8 Å². The van der Waals surface area contributed by atoms with Gasteiger partial charge < -0.3 is 24.7 Å². The van der Waals surface area contributed by atoms with Gasteiger partial charge in [-0.2, -0.15) is 9.97 Å². The normalized spacial score (nSPS) is 26.9. The van der Waals surface area contributed by atoms with Gasteiger partial charge >= 0.3 is 0 Å².